The molecule has 0 saturated carbocycles. The molecule has 4 nitrogen and oxygen atoms in total. The third-order valence-electron chi connectivity index (χ3n) is 2.34. The first-order valence-corrected chi connectivity index (χ1v) is 6.04. The molecule has 0 heterocycles. The van der Waals surface area contributed by atoms with Gasteiger partial charge in [-0.2, -0.15) is 0 Å². The average Bonchev–Trinajstić information content (AvgIpc) is 2.27. The second-order valence-corrected chi connectivity index (χ2v) is 5.34. The highest BCUT2D eigenvalue weighted by Crippen LogP contribution is 2.17. The van der Waals surface area contributed by atoms with E-state index in [0.29, 0.717) is 0 Å². The summed E-state index contributed by atoms with van der Waals surface area (Å²) in [4.78, 5) is 11.9. The quantitative estimate of drug-likeness (QED) is 0.862. The number of amides is 1. The number of rotatable bonds is 4. The number of benzene rings is 1. The number of nitrogens with one attached hydrogen (secondary N) is 2. The fraction of sp³-hybridized carbons (Fsp3) is 0.500. The Morgan fingerprint density at radius 2 is 2.00 bits per heavy atom. The minimum Gasteiger partial charge on any atom is -0.497 e. The van der Waals surface area contributed by atoms with Crippen molar-refractivity contribution in [2.75, 3.05) is 12.4 Å². The minimum atomic E-state index is -0.295. The number of hydrogen-bond donors (Lipinski definition) is 2. The molecule has 1 amide bonds. The van der Waals surface area contributed by atoms with Crippen LogP contribution in [0, 0.1) is 0 Å². The highest BCUT2D eigenvalue weighted by Gasteiger charge is 2.18. The molecule has 0 fully saturated rings. The molecular formula is C14H22N2O2. The predicted molar refractivity (Wildman–Crippen MR) is 74.0 cm³/mol. The minimum absolute atomic E-state index is 0.0229. The maximum Gasteiger partial charge on any atom is 0.242 e. The van der Waals surface area contributed by atoms with E-state index in [9.17, 15) is 4.79 Å². The highest BCUT2D eigenvalue weighted by molar-refractivity contribution is 5.84. The number of carbonyl (C=O) groups is 1. The van der Waals surface area contributed by atoms with Crippen LogP contribution >= 0.6 is 0 Å². The Bertz CT molecular complexity index is 411. The zero-order valence-electron chi connectivity index (χ0n) is 11.7. The standard InChI is InChI=1S/C14H22N2O2/c1-10(13(17)16-14(2,3)4)15-11-7-6-8-12(9-11)18-5/h6-10,15H,1-5H3,(H,16,17). The molecule has 18 heavy (non-hydrogen) atoms. The van der Waals surface area contributed by atoms with Gasteiger partial charge in [-0.15, -0.1) is 0 Å². The Hall–Kier alpha value is -1.71. The first-order chi connectivity index (χ1) is 8.31. The average molecular weight is 250 g/mol. The fourth-order valence-electron chi connectivity index (χ4n) is 1.51. The van der Waals surface area contributed by atoms with Crippen molar-refractivity contribution in [3.8, 4) is 5.75 Å². The van der Waals surface area contributed by atoms with Crippen molar-refractivity contribution in [1.29, 1.82) is 0 Å². The van der Waals surface area contributed by atoms with Crippen LogP contribution in [0.15, 0.2) is 24.3 Å². The van der Waals surface area contributed by atoms with Crippen molar-refractivity contribution in [1.82, 2.24) is 5.32 Å². The first-order valence-electron chi connectivity index (χ1n) is 6.04. The maximum absolute atomic E-state index is 11.9. The SMILES string of the molecule is COc1cccc(NC(C)C(=O)NC(C)(C)C)c1. The lowest BCUT2D eigenvalue weighted by atomic mass is 10.1. The Kier molecular flexibility index (Phi) is 4.59. The van der Waals surface area contributed by atoms with Crippen LogP contribution in [0.1, 0.15) is 27.7 Å². The molecule has 1 aromatic carbocycles. The Labute approximate surface area is 109 Å². The zero-order chi connectivity index (χ0) is 13.8. The summed E-state index contributed by atoms with van der Waals surface area (Å²) < 4.78 is 5.14. The summed E-state index contributed by atoms with van der Waals surface area (Å²) in [6, 6.07) is 7.22. The molecule has 0 aliphatic heterocycles. The van der Waals surface area contributed by atoms with Crippen LogP contribution in [0.25, 0.3) is 0 Å². The molecule has 1 rings (SSSR count). The second-order valence-electron chi connectivity index (χ2n) is 5.34. The van der Waals surface area contributed by atoms with Gasteiger partial charge in [0.2, 0.25) is 5.91 Å². The van der Waals surface area contributed by atoms with Gasteiger partial charge >= 0.3 is 0 Å². The van der Waals surface area contributed by atoms with Crippen molar-refractivity contribution in [3.63, 3.8) is 0 Å². The van der Waals surface area contributed by atoms with E-state index in [2.05, 4.69) is 10.6 Å². The van der Waals surface area contributed by atoms with Gasteiger partial charge < -0.3 is 15.4 Å². The monoisotopic (exact) mass is 250 g/mol. The van der Waals surface area contributed by atoms with E-state index in [4.69, 9.17) is 4.74 Å². The molecule has 1 unspecified atom stereocenters. The normalized spacial score (nSPS) is 12.7. The summed E-state index contributed by atoms with van der Waals surface area (Å²) in [5, 5.41) is 6.08. The molecule has 0 bridgehead atoms. The number of ether oxygens (including phenoxy) is 1. The number of anilines is 1. The number of carbonyl (C=O) groups excluding carboxylic acids is 1. The van der Waals surface area contributed by atoms with Gasteiger partial charge in [0.15, 0.2) is 0 Å². The van der Waals surface area contributed by atoms with Crippen molar-refractivity contribution in [2.45, 2.75) is 39.3 Å². The lowest BCUT2D eigenvalue weighted by molar-refractivity contribution is -0.122. The molecule has 0 saturated heterocycles. The highest BCUT2D eigenvalue weighted by atomic mass is 16.5. The largest absolute Gasteiger partial charge is 0.497 e. The summed E-state index contributed by atoms with van der Waals surface area (Å²) in [7, 11) is 1.62. The van der Waals surface area contributed by atoms with Crippen molar-refractivity contribution in [2.24, 2.45) is 0 Å². The van der Waals surface area contributed by atoms with E-state index < -0.39 is 0 Å². The van der Waals surface area contributed by atoms with E-state index in [1.807, 2.05) is 52.0 Å². The van der Waals surface area contributed by atoms with Gasteiger partial charge in [0.05, 0.1) is 7.11 Å². The van der Waals surface area contributed by atoms with Crippen molar-refractivity contribution in [3.05, 3.63) is 24.3 Å². The molecule has 1 aromatic rings. The van der Waals surface area contributed by atoms with E-state index in [1.54, 1.807) is 7.11 Å². The van der Waals surface area contributed by atoms with E-state index in [-0.39, 0.29) is 17.5 Å². The third-order valence-corrected chi connectivity index (χ3v) is 2.34. The van der Waals surface area contributed by atoms with Crippen LogP contribution in [0.4, 0.5) is 5.69 Å². The maximum atomic E-state index is 11.9. The lowest BCUT2D eigenvalue weighted by Crippen LogP contribution is -2.47. The molecular weight excluding hydrogens is 228 g/mol. The number of methoxy groups -OCH3 is 1. The van der Waals surface area contributed by atoms with Crippen LogP contribution in [-0.2, 0) is 4.79 Å². The topological polar surface area (TPSA) is 50.4 Å². The van der Waals surface area contributed by atoms with Gasteiger partial charge in [0, 0.05) is 17.3 Å². The molecule has 1 atom stereocenters. The van der Waals surface area contributed by atoms with E-state index >= 15 is 0 Å². The van der Waals surface area contributed by atoms with Crippen LogP contribution in [0.3, 0.4) is 0 Å². The van der Waals surface area contributed by atoms with Gasteiger partial charge in [-0.3, -0.25) is 4.79 Å². The summed E-state index contributed by atoms with van der Waals surface area (Å²) in [5.41, 5.74) is 0.646. The first kappa shape index (κ1) is 14.4. The summed E-state index contributed by atoms with van der Waals surface area (Å²) in [6.45, 7) is 7.72. The number of hydrogen-bond acceptors (Lipinski definition) is 3. The van der Waals surface area contributed by atoms with E-state index in [1.165, 1.54) is 0 Å². The Morgan fingerprint density at radius 3 is 2.56 bits per heavy atom. The van der Waals surface area contributed by atoms with Gasteiger partial charge in [0.1, 0.15) is 11.8 Å². The third kappa shape index (κ3) is 4.65. The van der Waals surface area contributed by atoms with Gasteiger partial charge in [-0.05, 0) is 39.8 Å². The predicted octanol–water partition coefficient (Wildman–Crippen LogP) is 2.41. The molecule has 0 aliphatic rings. The molecule has 2 N–H and O–H groups in total. The molecule has 0 aliphatic carbocycles. The smallest absolute Gasteiger partial charge is 0.242 e. The van der Waals surface area contributed by atoms with Crippen molar-refractivity contribution < 1.29 is 9.53 Å². The summed E-state index contributed by atoms with van der Waals surface area (Å²) >= 11 is 0. The van der Waals surface area contributed by atoms with Gasteiger partial charge in [-0.25, -0.2) is 0 Å². The lowest BCUT2D eigenvalue weighted by Gasteiger charge is -2.24. The fourth-order valence-corrected chi connectivity index (χ4v) is 1.51. The molecule has 0 radical (unpaired) electrons. The zero-order valence-corrected chi connectivity index (χ0v) is 11.7. The van der Waals surface area contributed by atoms with Crippen molar-refractivity contribution >= 4 is 11.6 Å². The van der Waals surface area contributed by atoms with E-state index in [0.717, 1.165) is 11.4 Å². The summed E-state index contributed by atoms with van der Waals surface area (Å²) in [6.07, 6.45) is 0. The molecule has 0 spiro atoms. The van der Waals surface area contributed by atoms with Gasteiger partial charge in [0.25, 0.3) is 0 Å². The second kappa shape index (κ2) is 5.76. The molecule has 0 aromatic heterocycles. The van der Waals surface area contributed by atoms with Crippen LogP contribution in [0.5, 0.6) is 5.75 Å². The Balaban J connectivity index is 2.63. The van der Waals surface area contributed by atoms with Crippen LogP contribution in [-0.4, -0.2) is 24.6 Å². The van der Waals surface area contributed by atoms with Gasteiger partial charge in [-0.1, -0.05) is 6.07 Å². The Morgan fingerprint density at radius 1 is 1.33 bits per heavy atom. The molecule has 4 heteroatoms. The van der Waals surface area contributed by atoms with Crippen LogP contribution < -0.4 is 15.4 Å². The summed E-state index contributed by atoms with van der Waals surface area (Å²) in [5.74, 6) is 0.744. The van der Waals surface area contributed by atoms with Crippen LogP contribution in [0.2, 0.25) is 0 Å². The molecule has 100 valence electrons.